The van der Waals surface area contributed by atoms with Crippen molar-refractivity contribution in [1.29, 1.82) is 0 Å². The van der Waals surface area contributed by atoms with Crippen molar-refractivity contribution < 1.29 is 4.39 Å². The maximum absolute atomic E-state index is 13.2. The number of thiophene rings is 1. The van der Waals surface area contributed by atoms with Crippen LogP contribution in [0.25, 0.3) is 21.3 Å². The van der Waals surface area contributed by atoms with Gasteiger partial charge in [-0.15, -0.1) is 11.3 Å². The minimum Gasteiger partial charge on any atom is -0.267 e. The molecule has 0 N–H and O–H groups in total. The number of aromatic nitrogens is 2. The van der Waals surface area contributed by atoms with Crippen molar-refractivity contribution in [3.63, 3.8) is 0 Å². The van der Waals surface area contributed by atoms with Gasteiger partial charge in [-0.05, 0) is 23.3 Å². The summed E-state index contributed by atoms with van der Waals surface area (Å²) in [6.45, 7) is 0. The van der Waals surface area contributed by atoms with Gasteiger partial charge >= 0.3 is 0 Å². The van der Waals surface area contributed by atoms with Crippen LogP contribution in [0.15, 0.2) is 76.2 Å². The summed E-state index contributed by atoms with van der Waals surface area (Å²) in [6, 6.07) is 15.7. The molecule has 0 aliphatic rings. The molecule has 0 atom stereocenters. The largest absolute Gasteiger partial charge is 0.283 e. The Kier molecular flexibility index (Phi) is 3.95. The number of benzene rings is 2. The summed E-state index contributed by atoms with van der Waals surface area (Å²) in [5, 5.41) is 6.60. The van der Waals surface area contributed by atoms with Crippen LogP contribution in [0.5, 0.6) is 0 Å². The molecule has 0 saturated carbocycles. The minimum absolute atomic E-state index is 0.252. The molecule has 6 heteroatoms. The standard InChI is InChI=1S/C19H12FN3OS/c20-15-8-4-5-13(9-15)10-22-23-12-21-18-17(19(23)24)16(11-25-18)14-6-2-1-3-7-14/h1-12H/b22-10+. The summed E-state index contributed by atoms with van der Waals surface area (Å²) < 4.78 is 14.4. The fourth-order valence-electron chi connectivity index (χ4n) is 2.55. The van der Waals surface area contributed by atoms with E-state index in [1.807, 2.05) is 35.7 Å². The minimum atomic E-state index is -0.353. The number of hydrogen-bond donors (Lipinski definition) is 0. The van der Waals surface area contributed by atoms with Crippen LogP contribution in [0.4, 0.5) is 4.39 Å². The van der Waals surface area contributed by atoms with E-state index in [4.69, 9.17) is 0 Å². The molecule has 2 heterocycles. The molecule has 0 aliphatic heterocycles. The molecule has 2 aromatic heterocycles. The Bertz CT molecular complexity index is 1130. The summed E-state index contributed by atoms with van der Waals surface area (Å²) in [7, 11) is 0. The van der Waals surface area contributed by atoms with Gasteiger partial charge in [0.1, 0.15) is 17.0 Å². The summed E-state index contributed by atoms with van der Waals surface area (Å²) in [6.07, 6.45) is 2.82. The third-order valence-corrected chi connectivity index (χ3v) is 4.63. The lowest BCUT2D eigenvalue weighted by atomic mass is 10.1. The molecule has 0 radical (unpaired) electrons. The van der Waals surface area contributed by atoms with E-state index in [2.05, 4.69) is 10.1 Å². The lowest BCUT2D eigenvalue weighted by molar-refractivity contribution is 0.627. The first-order chi connectivity index (χ1) is 12.2. The van der Waals surface area contributed by atoms with Gasteiger partial charge in [0.25, 0.3) is 5.56 Å². The van der Waals surface area contributed by atoms with Gasteiger partial charge in [0.05, 0.1) is 11.6 Å². The van der Waals surface area contributed by atoms with Crippen LogP contribution in [0.3, 0.4) is 0 Å². The molecule has 122 valence electrons. The van der Waals surface area contributed by atoms with Crippen molar-refractivity contribution in [1.82, 2.24) is 9.66 Å². The number of nitrogens with zero attached hydrogens (tertiary/aromatic N) is 3. The highest BCUT2D eigenvalue weighted by Crippen LogP contribution is 2.30. The molecule has 0 spiro atoms. The van der Waals surface area contributed by atoms with Crippen LogP contribution in [0.2, 0.25) is 0 Å². The van der Waals surface area contributed by atoms with Crippen LogP contribution in [-0.2, 0) is 0 Å². The topological polar surface area (TPSA) is 47.2 Å². The fourth-order valence-corrected chi connectivity index (χ4v) is 3.46. The number of hydrogen-bond acceptors (Lipinski definition) is 4. The van der Waals surface area contributed by atoms with Crippen LogP contribution in [0.1, 0.15) is 5.56 Å². The Hall–Kier alpha value is -3.12. The van der Waals surface area contributed by atoms with Crippen LogP contribution < -0.4 is 5.56 Å². The molecule has 0 aliphatic carbocycles. The SMILES string of the molecule is O=c1c2c(-c3ccccc3)csc2ncn1/N=C/c1cccc(F)c1. The van der Waals surface area contributed by atoms with E-state index in [1.165, 1.54) is 40.7 Å². The third kappa shape index (κ3) is 2.99. The summed E-state index contributed by atoms with van der Waals surface area (Å²) in [5.41, 5.74) is 2.12. The van der Waals surface area contributed by atoms with Gasteiger partial charge in [-0.2, -0.15) is 9.78 Å². The highest BCUT2D eigenvalue weighted by atomic mass is 32.1. The Balaban J connectivity index is 1.81. The lowest BCUT2D eigenvalue weighted by Crippen LogP contribution is -2.16. The van der Waals surface area contributed by atoms with Crippen molar-refractivity contribution in [3.8, 4) is 11.1 Å². The lowest BCUT2D eigenvalue weighted by Gasteiger charge is -2.01. The highest BCUT2D eigenvalue weighted by Gasteiger charge is 2.12. The molecular formula is C19H12FN3OS. The first kappa shape index (κ1) is 15.4. The average molecular weight is 349 g/mol. The van der Waals surface area contributed by atoms with Gasteiger partial charge in [0.15, 0.2) is 0 Å². The van der Waals surface area contributed by atoms with Gasteiger partial charge in [0, 0.05) is 10.9 Å². The molecule has 2 aromatic carbocycles. The van der Waals surface area contributed by atoms with Crippen molar-refractivity contribution in [2.45, 2.75) is 0 Å². The second kappa shape index (κ2) is 6.41. The van der Waals surface area contributed by atoms with Gasteiger partial charge in [-0.3, -0.25) is 4.79 Å². The molecule has 25 heavy (non-hydrogen) atoms. The molecule has 0 bridgehead atoms. The zero-order chi connectivity index (χ0) is 17.2. The van der Waals surface area contributed by atoms with E-state index in [-0.39, 0.29) is 11.4 Å². The monoisotopic (exact) mass is 349 g/mol. The van der Waals surface area contributed by atoms with Gasteiger partial charge in [0.2, 0.25) is 0 Å². The van der Waals surface area contributed by atoms with Gasteiger partial charge in [-0.25, -0.2) is 9.37 Å². The van der Waals surface area contributed by atoms with Gasteiger partial charge in [-0.1, -0.05) is 42.5 Å². The Morgan fingerprint density at radius 2 is 1.96 bits per heavy atom. The molecule has 0 amide bonds. The predicted octanol–water partition coefficient (Wildman–Crippen LogP) is 4.15. The Morgan fingerprint density at radius 3 is 2.76 bits per heavy atom. The number of halogens is 1. The summed E-state index contributed by atoms with van der Waals surface area (Å²) in [4.78, 5) is 17.8. The van der Waals surface area contributed by atoms with Crippen LogP contribution in [-0.4, -0.2) is 15.9 Å². The van der Waals surface area contributed by atoms with Crippen LogP contribution in [0, 0.1) is 5.82 Å². The Morgan fingerprint density at radius 1 is 1.12 bits per heavy atom. The normalized spacial score (nSPS) is 11.4. The molecule has 0 saturated heterocycles. The molecule has 4 aromatic rings. The first-order valence-corrected chi connectivity index (χ1v) is 8.44. The van der Waals surface area contributed by atoms with Crippen molar-refractivity contribution >= 4 is 27.8 Å². The van der Waals surface area contributed by atoms with Crippen LogP contribution >= 0.6 is 11.3 Å². The van der Waals surface area contributed by atoms with Gasteiger partial charge < -0.3 is 0 Å². The third-order valence-electron chi connectivity index (χ3n) is 3.74. The van der Waals surface area contributed by atoms with E-state index in [1.54, 1.807) is 12.1 Å². The average Bonchev–Trinajstić information content (AvgIpc) is 3.07. The van der Waals surface area contributed by atoms with E-state index < -0.39 is 0 Å². The molecule has 4 rings (SSSR count). The molecular weight excluding hydrogens is 337 g/mol. The second-order valence-corrected chi connectivity index (χ2v) is 6.25. The van der Waals surface area contributed by atoms with E-state index in [0.29, 0.717) is 15.8 Å². The maximum atomic E-state index is 13.2. The number of fused-ring (bicyclic) bond motifs is 1. The quantitative estimate of drug-likeness (QED) is 0.522. The zero-order valence-corrected chi connectivity index (χ0v) is 13.8. The fraction of sp³-hybridized carbons (Fsp3) is 0. The van der Waals surface area contributed by atoms with E-state index in [9.17, 15) is 9.18 Å². The van der Waals surface area contributed by atoms with Crippen molar-refractivity contribution in [3.05, 3.63) is 88.0 Å². The van der Waals surface area contributed by atoms with Crippen molar-refractivity contribution in [2.75, 3.05) is 0 Å². The summed E-state index contributed by atoms with van der Waals surface area (Å²) >= 11 is 1.42. The first-order valence-electron chi connectivity index (χ1n) is 7.56. The maximum Gasteiger partial charge on any atom is 0.283 e. The number of rotatable bonds is 3. The zero-order valence-electron chi connectivity index (χ0n) is 13.0. The smallest absolute Gasteiger partial charge is 0.267 e. The Labute approximate surface area is 146 Å². The molecule has 0 fully saturated rings. The van der Waals surface area contributed by atoms with Crippen molar-refractivity contribution in [2.24, 2.45) is 5.10 Å². The van der Waals surface area contributed by atoms with E-state index >= 15 is 0 Å². The predicted molar refractivity (Wildman–Crippen MR) is 98.7 cm³/mol. The highest BCUT2D eigenvalue weighted by molar-refractivity contribution is 7.17. The second-order valence-electron chi connectivity index (χ2n) is 5.39. The molecule has 0 unspecified atom stereocenters. The molecule has 4 nitrogen and oxygen atoms in total. The summed E-state index contributed by atoms with van der Waals surface area (Å²) in [5.74, 6) is -0.353. The van der Waals surface area contributed by atoms with E-state index in [0.717, 1.165) is 11.1 Å².